The fourth-order valence-electron chi connectivity index (χ4n) is 1.29. The van der Waals surface area contributed by atoms with Crippen LogP contribution < -0.4 is 5.73 Å². The number of anilines is 1. The first-order chi connectivity index (χ1) is 6.57. The van der Waals surface area contributed by atoms with Gasteiger partial charge in [0, 0.05) is 5.69 Å². The molecule has 0 saturated heterocycles. The van der Waals surface area contributed by atoms with Crippen LogP contribution in [0.4, 0.5) is 5.69 Å². The Morgan fingerprint density at radius 3 is 2.64 bits per heavy atom. The van der Waals surface area contributed by atoms with Crippen LogP contribution in [0.2, 0.25) is 0 Å². The summed E-state index contributed by atoms with van der Waals surface area (Å²) in [4.78, 5) is 11.5. The molecule has 1 aromatic carbocycles. The fraction of sp³-hybridized carbons (Fsp3) is 0.364. The molecule has 76 valence electrons. The van der Waals surface area contributed by atoms with Gasteiger partial charge in [0.25, 0.3) is 0 Å². The number of carbonyl (C=O) groups excluding carboxylic acids is 1. The molecule has 1 rings (SSSR count). The lowest BCUT2D eigenvalue weighted by molar-refractivity contribution is 0.0525. The summed E-state index contributed by atoms with van der Waals surface area (Å²) >= 11 is 0. The topological polar surface area (TPSA) is 52.3 Å². The minimum Gasteiger partial charge on any atom is -0.462 e. The summed E-state index contributed by atoms with van der Waals surface area (Å²) in [6.45, 7) is 5.91. The van der Waals surface area contributed by atoms with Gasteiger partial charge in [-0.3, -0.25) is 0 Å². The molecule has 3 nitrogen and oxygen atoms in total. The van der Waals surface area contributed by atoms with Crippen LogP contribution in [0.15, 0.2) is 12.1 Å². The van der Waals surface area contributed by atoms with Crippen molar-refractivity contribution in [3.63, 3.8) is 0 Å². The molecule has 0 aromatic heterocycles. The van der Waals surface area contributed by atoms with E-state index < -0.39 is 0 Å². The molecule has 0 aliphatic rings. The molecule has 0 amide bonds. The minimum atomic E-state index is -0.309. The Labute approximate surface area is 83.9 Å². The fourth-order valence-corrected chi connectivity index (χ4v) is 1.29. The van der Waals surface area contributed by atoms with Gasteiger partial charge in [-0.05, 0) is 38.0 Å². The zero-order valence-electron chi connectivity index (χ0n) is 8.76. The van der Waals surface area contributed by atoms with Gasteiger partial charge in [-0.25, -0.2) is 4.79 Å². The first kappa shape index (κ1) is 10.6. The largest absolute Gasteiger partial charge is 0.462 e. The number of nitrogens with two attached hydrogens (primary N) is 1. The Morgan fingerprint density at radius 2 is 2.07 bits per heavy atom. The van der Waals surface area contributed by atoms with Gasteiger partial charge in [-0.15, -0.1) is 0 Å². The molecule has 0 spiro atoms. The first-order valence-corrected chi connectivity index (χ1v) is 4.60. The van der Waals surface area contributed by atoms with Gasteiger partial charge in [-0.2, -0.15) is 0 Å². The molecule has 0 aliphatic heterocycles. The molecule has 0 heterocycles. The molecule has 0 unspecified atom stereocenters. The molecule has 1 aromatic rings. The number of esters is 1. The van der Waals surface area contributed by atoms with Crippen molar-refractivity contribution in [2.75, 3.05) is 12.3 Å². The lowest BCUT2D eigenvalue weighted by Crippen LogP contribution is -2.08. The molecule has 14 heavy (non-hydrogen) atoms. The molecule has 0 saturated carbocycles. The maximum Gasteiger partial charge on any atom is 0.338 e. The Bertz CT molecular complexity index is 359. The Morgan fingerprint density at radius 1 is 1.43 bits per heavy atom. The third kappa shape index (κ3) is 1.87. The smallest absolute Gasteiger partial charge is 0.338 e. The van der Waals surface area contributed by atoms with Crippen molar-refractivity contribution in [1.29, 1.82) is 0 Å². The van der Waals surface area contributed by atoms with E-state index in [-0.39, 0.29) is 5.97 Å². The van der Waals surface area contributed by atoms with Gasteiger partial charge in [-0.1, -0.05) is 6.07 Å². The van der Waals surface area contributed by atoms with Crippen molar-refractivity contribution in [2.45, 2.75) is 20.8 Å². The standard InChI is InChI=1S/C11H15NO2/c1-4-14-11(13)9-6-5-7(2)10(12)8(9)3/h5-6H,4,12H2,1-3H3. The quantitative estimate of drug-likeness (QED) is 0.577. The second kappa shape index (κ2) is 4.13. The Hall–Kier alpha value is -1.51. The number of hydrogen-bond donors (Lipinski definition) is 1. The van der Waals surface area contributed by atoms with E-state index in [0.717, 1.165) is 11.1 Å². The summed E-state index contributed by atoms with van der Waals surface area (Å²) in [6.07, 6.45) is 0. The van der Waals surface area contributed by atoms with Crippen molar-refractivity contribution < 1.29 is 9.53 Å². The lowest BCUT2D eigenvalue weighted by Gasteiger charge is -2.09. The monoisotopic (exact) mass is 193 g/mol. The highest BCUT2D eigenvalue weighted by molar-refractivity contribution is 5.92. The highest BCUT2D eigenvalue weighted by atomic mass is 16.5. The van der Waals surface area contributed by atoms with Gasteiger partial charge >= 0.3 is 5.97 Å². The number of carbonyl (C=O) groups is 1. The van der Waals surface area contributed by atoms with Crippen LogP contribution in [0, 0.1) is 13.8 Å². The minimum absolute atomic E-state index is 0.309. The zero-order chi connectivity index (χ0) is 10.7. The van der Waals surface area contributed by atoms with Crippen LogP contribution in [0.5, 0.6) is 0 Å². The average molecular weight is 193 g/mol. The molecule has 0 radical (unpaired) electrons. The number of ether oxygens (including phenoxy) is 1. The van der Waals surface area contributed by atoms with E-state index in [1.807, 2.05) is 19.9 Å². The maximum absolute atomic E-state index is 11.5. The van der Waals surface area contributed by atoms with Crippen LogP contribution in [0.3, 0.4) is 0 Å². The van der Waals surface area contributed by atoms with E-state index >= 15 is 0 Å². The zero-order valence-corrected chi connectivity index (χ0v) is 8.76. The van der Waals surface area contributed by atoms with Crippen LogP contribution in [-0.4, -0.2) is 12.6 Å². The third-order valence-corrected chi connectivity index (χ3v) is 2.23. The van der Waals surface area contributed by atoms with E-state index in [2.05, 4.69) is 0 Å². The SMILES string of the molecule is CCOC(=O)c1ccc(C)c(N)c1C. The molecule has 0 fully saturated rings. The number of nitrogen functional groups attached to an aromatic ring is 1. The molecule has 0 atom stereocenters. The van der Waals surface area contributed by atoms with Crippen molar-refractivity contribution in [3.05, 3.63) is 28.8 Å². The van der Waals surface area contributed by atoms with E-state index in [4.69, 9.17) is 10.5 Å². The van der Waals surface area contributed by atoms with E-state index in [9.17, 15) is 4.79 Å². The highest BCUT2D eigenvalue weighted by Crippen LogP contribution is 2.20. The number of hydrogen-bond acceptors (Lipinski definition) is 3. The predicted molar refractivity (Wildman–Crippen MR) is 56.3 cm³/mol. The summed E-state index contributed by atoms with van der Waals surface area (Å²) < 4.78 is 4.91. The van der Waals surface area contributed by atoms with Gasteiger partial charge in [0.2, 0.25) is 0 Å². The molecular formula is C11H15NO2. The van der Waals surface area contributed by atoms with E-state index in [1.165, 1.54) is 0 Å². The first-order valence-electron chi connectivity index (χ1n) is 4.60. The van der Waals surface area contributed by atoms with Crippen molar-refractivity contribution in [3.8, 4) is 0 Å². The lowest BCUT2D eigenvalue weighted by atomic mass is 10.0. The predicted octanol–water partition coefficient (Wildman–Crippen LogP) is 2.06. The Balaban J connectivity index is 3.11. The average Bonchev–Trinajstić information content (AvgIpc) is 2.15. The summed E-state index contributed by atoms with van der Waals surface area (Å²) in [5.41, 5.74) is 8.80. The summed E-state index contributed by atoms with van der Waals surface area (Å²) in [5, 5.41) is 0. The van der Waals surface area contributed by atoms with Gasteiger partial charge in [0.15, 0.2) is 0 Å². The molecule has 0 bridgehead atoms. The van der Waals surface area contributed by atoms with Crippen LogP contribution in [0.1, 0.15) is 28.4 Å². The summed E-state index contributed by atoms with van der Waals surface area (Å²) in [7, 11) is 0. The second-order valence-electron chi connectivity index (χ2n) is 3.19. The summed E-state index contributed by atoms with van der Waals surface area (Å²) in [6, 6.07) is 3.58. The Kier molecular flexibility index (Phi) is 3.12. The van der Waals surface area contributed by atoms with Crippen molar-refractivity contribution >= 4 is 11.7 Å². The van der Waals surface area contributed by atoms with Crippen molar-refractivity contribution in [2.24, 2.45) is 0 Å². The van der Waals surface area contributed by atoms with Gasteiger partial charge < -0.3 is 10.5 Å². The van der Waals surface area contributed by atoms with Gasteiger partial charge in [0.1, 0.15) is 0 Å². The van der Waals surface area contributed by atoms with Gasteiger partial charge in [0.05, 0.1) is 12.2 Å². The second-order valence-corrected chi connectivity index (χ2v) is 3.19. The number of aryl methyl sites for hydroxylation is 1. The number of rotatable bonds is 2. The van der Waals surface area contributed by atoms with E-state index in [0.29, 0.717) is 17.9 Å². The van der Waals surface area contributed by atoms with E-state index in [1.54, 1.807) is 13.0 Å². The normalized spacial score (nSPS) is 9.93. The molecule has 2 N–H and O–H groups in total. The maximum atomic E-state index is 11.5. The van der Waals surface area contributed by atoms with Crippen LogP contribution in [0.25, 0.3) is 0 Å². The van der Waals surface area contributed by atoms with Crippen LogP contribution in [-0.2, 0) is 4.74 Å². The molecular weight excluding hydrogens is 178 g/mol. The van der Waals surface area contributed by atoms with Crippen molar-refractivity contribution in [1.82, 2.24) is 0 Å². The third-order valence-electron chi connectivity index (χ3n) is 2.23. The molecule has 0 aliphatic carbocycles. The number of benzene rings is 1. The molecule has 3 heteroatoms. The van der Waals surface area contributed by atoms with Crippen LogP contribution >= 0.6 is 0 Å². The summed E-state index contributed by atoms with van der Waals surface area (Å²) in [5.74, 6) is -0.309. The highest BCUT2D eigenvalue weighted by Gasteiger charge is 2.12.